The van der Waals surface area contributed by atoms with Gasteiger partial charge in [0.05, 0.1) is 0 Å². The summed E-state index contributed by atoms with van der Waals surface area (Å²) in [4.78, 5) is 12.0. The maximum absolute atomic E-state index is 12.0. The van der Waals surface area contributed by atoms with Gasteiger partial charge in [0.25, 0.3) is 0 Å². The SMILES string of the molecule is CC(C)CCCCCCCCCCCCCCCCC(=O)c1ccccc1. The highest BCUT2D eigenvalue weighted by atomic mass is 16.1. The molecular weight excluding hydrogens is 328 g/mol. The number of Topliss-reactive ketones (excluding diaryl/α,β-unsaturated/α-hetero) is 1. The van der Waals surface area contributed by atoms with Gasteiger partial charge >= 0.3 is 0 Å². The molecule has 1 rings (SSSR count). The molecule has 0 saturated heterocycles. The maximum Gasteiger partial charge on any atom is 0.162 e. The molecular formula is C26H44O. The second-order valence-corrected chi connectivity index (χ2v) is 8.67. The zero-order valence-electron chi connectivity index (χ0n) is 18.2. The molecule has 1 aromatic carbocycles. The third-order valence-corrected chi connectivity index (χ3v) is 5.53. The van der Waals surface area contributed by atoms with Crippen molar-refractivity contribution >= 4 is 5.78 Å². The molecule has 0 aliphatic heterocycles. The fourth-order valence-electron chi connectivity index (χ4n) is 3.73. The second-order valence-electron chi connectivity index (χ2n) is 8.67. The molecule has 0 aromatic heterocycles. The Morgan fingerprint density at radius 1 is 0.630 bits per heavy atom. The molecule has 0 spiro atoms. The molecule has 0 radical (unpaired) electrons. The van der Waals surface area contributed by atoms with Gasteiger partial charge in [0.15, 0.2) is 5.78 Å². The van der Waals surface area contributed by atoms with Crippen molar-refractivity contribution in [2.45, 2.75) is 117 Å². The number of benzene rings is 1. The lowest BCUT2D eigenvalue weighted by Crippen LogP contribution is -1.98. The van der Waals surface area contributed by atoms with E-state index in [2.05, 4.69) is 13.8 Å². The zero-order chi connectivity index (χ0) is 19.6. The maximum atomic E-state index is 12.0. The molecule has 0 heterocycles. The van der Waals surface area contributed by atoms with Gasteiger partial charge in [0.2, 0.25) is 0 Å². The van der Waals surface area contributed by atoms with Gasteiger partial charge in [-0.3, -0.25) is 4.79 Å². The Morgan fingerprint density at radius 3 is 1.48 bits per heavy atom. The molecule has 0 aliphatic rings. The number of carbonyl (C=O) groups excluding carboxylic acids is 1. The van der Waals surface area contributed by atoms with Crippen LogP contribution in [0.15, 0.2) is 30.3 Å². The number of ketones is 1. The predicted molar refractivity (Wildman–Crippen MR) is 119 cm³/mol. The van der Waals surface area contributed by atoms with Crippen LogP contribution in [0.25, 0.3) is 0 Å². The molecule has 0 saturated carbocycles. The van der Waals surface area contributed by atoms with Crippen LogP contribution in [0.4, 0.5) is 0 Å². The second kappa shape index (κ2) is 17.0. The number of hydrogen-bond acceptors (Lipinski definition) is 1. The van der Waals surface area contributed by atoms with E-state index in [0.717, 1.165) is 17.9 Å². The lowest BCUT2D eigenvalue weighted by molar-refractivity contribution is 0.0979. The molecule has 0 N–H and O–H groups in total. The van der Waals surface area contributed by atoms with E-state index in [4.69, 9.17) is 0 Å². The van der Waals surface area contributed by atoms with Crippen LogP contribution in [0.1, 0.15) is 127 Å². The van der Waals surface area contributed by atoms with E-state index in [1.165, 1.54) is 89.9 Å². The van der Waals surface area contributed by atoms with Gasteiger partial charge in [-0.1, -0.05) is 134 Å². The average Bonchev–Trinajstić information content (AvgIpc) is 2.68. The van der Waals surface area contributed by atoms with Crippen molar-refractivity contribution in [3.05, 3.63) is 35.9 Å². The summed E-state index contributed by atoms with van der Waals surface area (Å²) >= 11 is 0. The fraction of sp³-hybridized carbons (Fsp3) is 0.731. The Morgan fingerprint density at radius 2 is 1.04 bits per heavy atom. The van der Waals surface area contributed by atoms with Crippen LogP contribution < -0.4 is 0 Å². The molecule has 0 atom stereocenters. The van der Waals surface area contributed by atoms with Crippen molar-refractivity contribution in [2.75, 3.05) is 0 Å². The van der Waals surface area contributed by atoms with Crippen molar-refractivity contribution in [3.63, 3.8) is 0 Å². The number of rotatable bonds is 18. The minimum absolute atomic E-state index is 0.301. The highest BCUT2D eigenvalue weighted by Gasteiger charge is 2.04. The van der Waals surface area contributed by atoms with E-state index < -0.39 is 0 Å². The highest BCUT2D eigenvalue weighted by molar-refractivity contribution is 5.95. The first-order valence-corrected chi connectivity index (χ1v) is 11.8. The molecule has 27 heavy (non-hydrogen) atoms. The number of carbonyl (C=O) groups is 1. The summed E-state index contributed by atoms with van der Waals surface area (Å²) in [6, 6.07) is 9.71. The minimum atomic E-state index is 0.301. The van der Waals surface area contributed by atoms with Crippen LogP contribution in [-0.4, -0.2) is 5.78 Å². The van der Waals surface area contributed by atoms with Crippen LogP contribution in [0, 0.1) is 5.92 Å². The third-order valence-electron chi connectivity index (χ3n) is 5.53. The smallest absolute Gasteiger partial charge is 0.162 e. The van der Waals surface area contributed by atoms with Crippen LogP contribution in [-0.2, 0) is 0 Å². The van der Waals surface area contributed by atoms with Crippen molar-refractivity contribution in [1.29, 1.82) is 0 Å². The van der Waals surface area contributed by atoms with Gasteiger partial charge in [0, 0.05) is 12.0 Å². The molecule has 0 unspecified atom stereocenters. The summed E-state index contributed by atoms with van der Waals surface area (Å²) in [7, 11) is 0. The van der Waals surface area contributed by atoms with Gasteiger partial charge < -0.3 is 0 Å². The van der Waals surface area contributed by atoms with Crippen molar-refractivity contribution in [3.8, 4) is 0 Å². The van der Waals surface area contributed by atoms with Crippen LogP contribution >= 0.6 is 0 Å². The summed E-state index contributed by atoms with van der Waals surface area (Å²) in [6.45, 7) is 4.65. The Balaban J connectivity index is 1.76. The Bertz CT molecular complexity index is 449. The van der Waals surface area contributed by atoms with Crippen LogP contribution in [0.3, 0.4) is 0 Å². The summed E-state index contributed by atoms with van der Waals surface area (Å²) in [5.74, 6) is 1.18. The predicted octanol–water partition coefficient (Wildman–Crippen LogP) is 8.77. The largest absolute Gasteiger partial charge is 0.294 e. The summed E-state index contributed by atoms with van der Waals surface area (Å²) in [6.07, 6.45) is 21.3. The minimum Gasteiger partial charge on any atom is -0.294 e. The zero-order valence-corrected chi connectivity index (χ0v) is 18.2. The van der Waals surface area contributed by atoms with Crippen molar-refractivity contribution in [1.82, 2.24) is 0 Å². The van der Waals surface area contributed by atoms with Gasteiger partial charge in [-0.15, -0.1) is 0 Å². The Kier molecular flexibility index (Phi) is 15.1. The Hall–Kier alpha value is -1.11. The average molecular weight is 373 g/mol. The molecule has 0 aliphatic carbocycles. The van der Waals surface area contributed by atoms with Crippen LogP contribution in [0.5, 0.6) is 0 Å². The standard InChI is InChI=1S/C26H44O/c1-24(2)20-16-13-11-9-7-5-3-4-6-8-10-12-14-19-23-26(27)25-21-17-15-18-22-25/h15,17-18,21-22,24H,3-14,16,19-20,23H2,1-2H3. The first-order valence-electron chi connectivity index (χ1n) is 11.8. The van der Waals surface area contributed by atoms with E-state index in [1.54, 1.807) is 0 Å². The van der Waals surface area contributed by atoms with Gasteiger partial charge in [-0.2, -0.15) is 0 Å². The summed E-state index contributed by atoms with van der Waals surface area (Å²) < 4.78 is 0. The molecule has 0 amide bonds. The lowest BCUT2D eigenvalue weighted by Gasteiger charge is -2.05. The third kappa shape index (κ3) is 14.6. The topological polar surface area (TPSA) is 17.1 Å². The monoisotopic (exact) mass is 372 g/mol. The Labute approximate surface area is 169 Å². The molecule has 1 aromatic rings. The number of unbranched alkanes of at least 4 members (excludes halogenated alkanes) is 13. The highest BCUT2D eigenvalue weighted by Crippen LogP contribution is 2.15. The molecule has 0 fully saturated rings. The van der Waals surface area contributed by atoms with Crippen molar-refractivity contribution in [2.24, 2.45) is 5.92 Å². The molecule has 0 bridgehead atoms. The van der Waals surface area contributed by atoms with E-state index in [-0.39, 0.29) is 0 Å². The lowest BCUT2D eigenvalue weighted by atomic mass is 10.0. The fourth-order valence-corrected chi connectivity index (χ4v) is 3.73. The van der Waals surface area contributed by atoms with E-state index in [0.29, 0.717) is 12.2 Å². The van der Waals surface area contributed by atoms with Crippen molar-refractivity contribution < 1.29 is 4.79 Å². The normalized spacial score (nSPS) is 11.2. The van der Waals surface area contributed by atoms with Gasteiger partial charge in [-0.05, 0) is 12.3 Å². The number of hydrogen-bond donors (Lipinski definition) is 0. The summed E-state index contributed by atoms with van der Waals surface area (Å²) in [5, 5.41) is 0. The van der Waals surface area contributed by atoms with E-state index in [1.807, 2.05) is 30.3 Å². The van der Waals surface area contributed by atoms with Gasteiger partial charge in [-0.25, -0.2) is 0 Å². The van der Waals surface area contributed by atoms with Crippen LogP contribution in [0.2, 0.25) is 0 Å². The van der Waals surface area contributed by atoms with E-state index >= 15 is 0 Å². The van der Waals surface area contributed by atoms with Gasteiger partial charge in [0.1, 0.15) is 0 Å². The summed E-state index contributed by atoms with van der Waals surface area (Å²) in [5.41, 5.74) is 0.869. The molecule has 154 valence electrons. The quantitative estimate of drug-likeness (QED) is 0.186. The first-order chi connectivity index (χ1) is 13.2. The van der Waals surface area contributed by atoms with E-state index in [9.17, 15) is 4.79 Å². The molecule has 1 nitrogen and oxygen atoms in total. The first kappa shape index (κ1) is 23.9. The molecule has 1 heteroatoms.